The van der Waals surface area contributed by atoms with Crippen LogP contribution in [0, 0.1) is 11.8 Å². The van der Waals surface area contributed by atoms with Gasteiger partial charge in [0.05, 0.1) is 0 Å². The van der Waals surface area contributed by atoms with Gasteiger partial charge < -0.3 is 0 Å². The molecule has 2 saturated carbocycles. The summed E-state index contributed by atoms with van der Waals surface area (Å²) in [5.74, 6) is 1.50. The number of Topliss-reactive ketones (excluding diaryl/α,β-unsaturated/α-hetero) is 1. The standard InChI is InChI=1S/C9H12O/c1-2-8-6-3-4-7(5-6)9(8)10/h2,6-7H,3-5H2,1H3/b8-2-/t6-,7-/m0/s1. The number of hydrogen-bond donors (Lipinski definition) is 0. The number of carbonyl (C=O) groups is 1. The summed E-state index contributed by atoms with van der Waals surface area (Å²) in [6.07, 6.45) is 5.57. The van der Waals surface area contributed by atoms with Crippen molar-refractivity contribution in [1.82, 2.24) is 0 Å². The third-order valence-electron chi connectivity index (χ3n) is 2.84. The molecule has 1 heteroatoms. The van der Waals surface area contributed by atoms with Gasteiger partial charge in [-0.1, -0.05) is 6.08 Å². The molecule has 0 aromatic carbocycles. The SMILES string of the molecule is C/C=C1\C(=O)[C@H]2CC[C@H]1C2. The lowest BCUT2D eigenvalue weighted by Gasteiger charge is -2.10. The molecule has 0 saturated heterocycles. The molecule has 0 unspecified atom stereocenters. The molecule has 0 aromatic heterocycles. The lowest BCUT2D eigenvalue weighted by Crippen LogP contribution is -2.11. The molecule has 2 aliphatic rings. The van der Waals surface area contributed by atoms with E-state index in [4.69, 9.17) is 0 Å². The monoisotopic (exact) mass is 136 g/mol. The molecule has 10 heavy (non-hydrogen) atoms. The van der Waals surface area contributed by atoms with Crippen molar-refractivity contribution < 1.29 is 4.79 Å². The Kier molecular flexibility index (Phi) is 1.19. The molecule has 2 rings (SSSR count). The Labute approximate surface area is 61.1 Å². The zero-order valence-corrected chi connectivity index (χ0v) is 6.26. The summed E-state index contributed by atoms with van der Waals surface area (Å²) in [4.78, 5) is 11.3. The normalized spacial score (nSPS) is 41.7. The van der Waals surface area contributed by atoms with Gasteiger partial charge in [0.1, 0.15) is 0 Å². The highest BCUT2D eigenvalue weighted by Crippen LogP contribution is 2.45. The molecule has 0 radical (unpaired) electrons. The molecule has 2 atom stereocenters. The molecule has 0 N–H and O–H groups in total. The van der Waals surface area contributed by atoms with Gasteiger partial charge in [-0.15, -0.1) is 0 Å². The molecule has 2 fully saturated rings. The fraction of sp³-hybridized carbons (Fsp3) is 0.667. The second-order valence-corrected chi connectivity index (χ2v) is 3.32. The van der Waals surface area contributed by atoms with Crippen LogP contribution in [0.1, 0.15) is 26.2 Å². The summed E-state index contributed by atoms with van der Waals surface area (Å²) >= 11 is 0. The quantitative estimate of drug-likeness (QED) is 0.465. The molecule has 0 heterocycles. The van der Waals surface area contributed by atoms with E-state index in [0.717, 1.165) is 18.4 Å². The van der Waals surface area contributed by atoms with Crippen molar-refractivity contribution >= 4 is 5.78 Å². The van der Waals surface area contributed by atoms with Gasteiger partial charge in [-0.25, -0.2) is 0 Å². The fourth-order valence-electron chi connectivity index (χ4n) is 2.32. The highest BCUT2D eigenvalue weighted by atomic mass is 16.1. The summed E-state index contributed by atoms with van der Waals surface area (Å²) in [6.45, 7) is 1.98. The summed E-state index contributed by atoms with van der Waals surface area (Å²) in [5.41, 5.74) is 1.12. The average Bonchev–Trinajstić information content (AvgIpc) is 2.46. The van der Waals surface area contributed by atoms with Crippen LogP contribution in [0.25, 0.3) is 0 Å². The van der Waals surface area contributed by atoms with Crippen molar-refractivity contribution in [3.63, 3.8) is 0 Å². The number of allylic oxidation sites excluding steroid dienone is 2. The summed E-state index contributed by atoms with van der Waals surface area (Å²) in [7, 11) is 0. The zero-order chi connectivity index (χ0) is 7.14. The molecule has 2 bridgehead atoms. The van der Waals surface area contributed by atoms with E-state index >= 15 is 0 Å². The van der Waals surface area contributed by atoms with Gasteiger partial charge >= 0.3 is 0 Å². The molecular formula is C9H12O. The van der Waals surface area contributed by atoms with Crippen LogP contribution in [0.15, 0.2) is 11.6 Å². The van der Waals surface area contributed by atoms with Crippen molar-refractivity contribution in [3.05, 3.63) is 11.6 Å². The van der Waals surface area contributed by atoms with Crippen LogP contribution in [0.2, 0.25) is 0 Å². The molecule has 1 nitrogen and oxygen atoms in total. The van der Waals surface area contributed by atoms with E-state index in [0.29, 0.717) is 17.6 Å². The second kappa shape index (κ2) is 1.94. The first-order chi connectivity index (χ1) is 4.83. The number of fused-ring (bicyclic) bond motifs is 2. The highest BCUT2D eigenvalue weighted by molar-refractivity contribution is 6.00. The maximum Gasteiger partial charge on any atom is 0.161 e. The summed E-state index contributed by atoms with van der Waals surface area (Å²) in [5, 5.41) is 0. The summed E-state index contributed by atoms with van der Waals surface area (Å²) < 4.78 is 0. The smallest absolute Gasteiger partial charge is 0.161 e. The Morgan fingerprint density at radius 2 is 2.10 bits per heavy atom. The molecule has 0 amide bonds. The zero-order valence-electron chi connectivity index (χ0n) is 6.26. The first-order valence-corrected chi connectivity index (χ1v) is 4.03. The lowest BCUT2D eigenvalue weighted by atomic mass is 9.94. The minimum atomic E-state index is 0.413. The van der Waals surface area contributed by atoms with Gasteiger partial charge in [0.2, 0.25) is 0 Å². The van der Waals surface area contributed by atoms with Crippen LogP contribution < -0.4 is 0 Å². The predicted molar refractivity (Wildman–Crippen MR) is 39.6 cm³/mol. The Morgan fingerprint density at radius 3 is 2.50 bits per heavy atom. The minimum Gasteiger partial charge on any atom is -0.294 e. The highest BCUT2D eigenvalue weighted by Gasteiger charge is 2.41. The van der Waals surface area contributed by atoms with E-state index in [1.807, 2.05) is 13.0 Å². The van der Waals surface area contributed by atoms with E-state index < -0.39 is 0 Å². The second-order valence-electron chi connectivity index (χ2n) is 3.32. The van der Waals surface area contributed by atoms with E-state index in [-0.39, 0.29) is 0 Å². The number of hydrogen-bond acceptors (Lipinski definition) is 1. The largest absolute Gasteiger partial charge is 0.294 e. The van der Waals surface area contributed by atoms with E-state index in [1.54, 1.807) is 0 Å². The van der Waals surface area contributed by atoms with Crippen LogP contribution in [0.5, 0.6) is 0 Å². The van der Waals surface area contributed by atoms with Crippen molar-refractivity contribution in [1.29, 1.82) is 0 Å². The number of rotatable bonds is 0. The Hall–Kier alpha value is -0.590. The van der Waals surface area contributed by atoms with Crippen molar-refractivity contribution in [2.45, 2.75) is 26.2 Å². The third kappa shape index (κ3) is 0.606. The van der Waals surface area contributed by atoms with Crippen molar-refractivity contribution in [2.24, 2.45) is 11.8 Å². The van der Waals surface area contributed by atoms with Gasteiger partial charge in [-0.3, -0.25) is 4.79 Å². The first kappa shape index (κ1) is 6.14. The topological polar surface area (TPSA) is 17.1 Å². The van der Waals surface area contributed by atoms with Gasteiger partial charge in [0.15, 0.2) is 5.78 Å². The number of ketones is 1. The Bertz CT molecular complexity index is 203. The number of carbonyl (C=O) groups excluding carboxylic acids is 1. The summed E-state index contributed by atoms with van der Waals surface area (Å²) in [6, 6.07) is 0. The molecule has 0 aromatic rings. The predicted octanol–water partition coefficient (Wildman–Crippen LogP) is 1.93. The first-order valence-electron chi connectivity index (χ1n) is 4.03. The average molecular weight is 136 g/mol. The molecule has 0 aliphatic heterocycles. The lowest BCUT2D eigenvalue weighted by molar-refractivity contribution is -0.118. The molecule has 0 spiro atoms. The van der Waals surface area contributed by atoms with Crippen LogP contribution in [0.4, 0.5) is 0 Å². The Morgan fingerprint density at radius 1 is 1.40 bits per heavy atom. The van der Waals surface area contributed by atoms with Crippen LogP contribution >= 0.6 is 0 Å². The van der Waals surface area contributed by atoms with Crippen molar-refractivity contribution in [3.8, 4) is 0 Å². The van der Waals surface area contributed by atoms with Gasteiger partial charge in [-0.2, -0.15) is 0 Å². The molecule has 54 valence electrons. The van der Waals surface area contributed by atoms with Gasteiger partial charge in [0.25, 0.3) is 0 Å². The maximum absolute atomic E-state index is 11.3. The van der Waals surface area contributed by atoms with E-state index in [2.05, 4.69) is 0 Å². The van der Waals surface area contributed by atoms with Crippen LogP contribution in [-0.4, -0.2) is 5.78 Å². The molecule has 2 aliphatic carbocycles. The van der Waals surface area contributed by atoms with Gasteiger partial charge in [-0.05, 0) is 37.7 Å². The van der Waals surface area contributed by atoms with E-state index in [9.17, 15) is 4.79 Å². The van der Waals surface area contributed by atoms with Gasteiger partial charge in [0, 0.05) is 5.92 Å². The third-order valence-corrected chi connectivity index (χ3v) is 2.84. The van der Waals surface area contributed by atoms with Crippen molar-refractivity contribution in [2.75, 3.05) is 0 Å². The maximum atomic E-state index is 11.3. The minimum absolute atomic E-state index is 0.413. The molecular weight excluding hydrogens is 124 g/mol. The van der Waals surface area contributed by atoms with Crippen LogP contribution in [-0.2, 0) is 4.79 Å². The Balaban J connectivity index is 2.33. The fourth-order valence-corrected chi connectivity index (χ4v) is 2.32. The van der Waals surface area contributed by atoms with E-state index in [1.165, 1.54) is 6.42 Å². The van der Waals surface area contributed by atoms with Crippen LogP contribution in [0.3, 0.4) is 0 Å².